The molecule has 2 nitrogen and oxygen atoms in total. The third-order valence-electron chi connectivity index (χ3n) is 6.10. The standard InChI is InChI=1S/C31H34F2N2/c1-6-7-8-10-24(3)20-31(29-18-15-25(4)21-34-29,35-22-26-16-13-23(2)14-17-26)28-12-9-11-27(19-28)30(5,32)33/h6-19,21,35H,1,20,22H2,2-5H3/b8-7-,24-10+. The zero-order chi connectivity index (χ0) is 25.5. The normalized spacial score (nSPS) is 14.2. The molecular weight excluding hydrogens is 438 g/mol. The number of aromatic nitrogens is 1. The van der Waals surface area contributed by atoms with Gasteiger partial charge in [0.2, 0.25) is 0 Å². The molecule has 0 fully saturated rings. The number of allylic oxidation sites excluding steroid dienone is 4. The minimum absolute atomic E-state index is 0.0168. The minimum atomic E-state index is -2.95. The summed E-state index contributed by atoms with van der Waals surface area (Å²) in [7, 11) is 0. The molecule has 0 amide bonds. The van der Waals surface area contributed by atoms with E-state index in [9.17, 15) is 8.78 Å². The Bertz CT molecular complexity index is 1190. The lowest BCUT2D eigenvalue weighted by atomic mass is 9.79. The van der Waals surface area contributed by atoms with Crippen molar-refractivity contribution in [2.75, 3.05) is 0 Å². The Labute approximate surface area is 208 Å². The summed E-state index contributed by atoms with van der Waals surface area (Å²) in [6.07, 6.45) is 9.93. The van der Waals surface area contributed by atoms with E-state index in [4.69, 9.17) is 4.98 Å². The first-order valence-electron chi connectivity index (χ1n) is 11.8. The maximum Gasteiger partial charge on any atom is 0.270 e. The van der Waals surface area contributed by atoms with Gasteiger partial charge in [0, 0.05) is 25.2 Å². The van der Waals surface area contributed by atoms with Crippen molar-refractivity contribution in [2.45, 2.75) is 52.1 Å². The summed E-state index contributed by atoms with van der Waals surface area (Å²) in [4.78, 5) is 4.78. The van der Waals surface area contributed by atoms with E-state index in [2.05, 4.69) is 43.1 Å². The predicted octanol–water partition coefficient (Wildman–Crippen LogP) is 7.92. The van der Waals surface area contributed by atoms with Gasteiger partial charge in [0.05, 0.1) is 11.2 Å². The van der Waals surface area contributed by atoms with Crippen LogP contribution in [0.15, 0.2) is 103 Å². The van der Waals surface area contributed by atoms with Gasteiger partial charge in [-0.05, 0) is 56.0 Å². The van der Waals surface area contributed by atoms with E-state index in [0.717, 1.165) is 34.9 Å². The largest absolute Gasteiger partial charge is 0.298 e. The summed E-state index contributed by atoms with van der Waals surface area (Å²) in [6, 6.07) is 19.0. The van der Waals surface area contributed by atoms with Crippen molar-refractivity contribution in [3.63, 3.8) is 0 Å². The van der Waals surface area contributed by atoms with Gasteiger partial charge in [0.15, 0.2) is 0 Å². The van der Waals surface area contributed by atoms with Crippen molar-refractivity contribution in [2.24, 2.45) is 0 Å². The molecule has 1 heterocycles. The van der Waals surface area contributed by atoms with E-state index in [-0.39, 0.29) is 5.56 Å². The molecule has 0 aliphatic rings. The van der Waals surface area contributed by atoms with Gasteiger partial charge in [0.1, 0.15) is 0 Å². The highest BCUT2D eigenvalue weighted by molar-refractivity contribution is 5.41. The average molecular weight is 473 g/mol. The maximum absolute atomic E-state index is 14.4. The van der Waals surface area contributed by atoms with Gasteiger partial charge in [-0.3, -0.25) is 10.3 Å². The summed E-state index contributed by atoms with van der Waals surface area (Å²) < 4.78 is 28.7. The van der Waals surface area contributed by atoms with Crippen LogP contribution in [0.2, 0.25) is 0 Å². The fourth-order valence-electron chi connectivity index (χ4n) is 4.11. The molecular formula is C31H34F2N2. The summed E-state index contributed by atoms with van der Waals surface area (Å²) >= 11 is 0. The van der Waals surface area contributed by atoms with Gasteiger partial charge in [0.25, 0.3) is 5.92 Å². The highest BCUT2D eigenvalue weighted by Crippen LogP contribution is 2.38. The number of rotatable bonds is 10. The monoisotopic (exact) mass is 472 g/mol. The third-order valence-corrected chi connectivity index (χ3v) is 6.10. The molecule has 0 spiro atoms. The molecule has 1 N–H and O–H groups in total. The topological polar surface area (TPSA) is 24.9 Å². The number of nitrogens with zero attached hydrogens (tertiary/aromatic N) is 1. The molecule has 2 aromatic carbocycles. The van der Waals surface area contributed by atoms with Gasteiger partial charge in [-0.25, -0.2) is 8.78 Å². The van der Waals surface area contributed by atoms with Gasteiger partial charge in [-0.2, -0.15) is 0 Å². The summed E-state index contributed by atoms with van der Waals surface area (Å²) in [5, 5.41) is 3.73. The summed E-state index contributed by atoms with van der Waals surface area (Å²) in [5.41, 5.74) is 5.11. The average Bonchev–Trinajstić information content (AvgIpc) is 2.83. The number of aryl methyl sites for hydroxylation is 2. The molecule has 3 rings (SSSR count). The van der Waals surface area contributed by atoms with Gasteiger partial charge in [-0.15, -0.1) is 0 Å². The van der Waals surface area contributed by atoms with Gasteiger partial charge >= 0.3 is 0 Å². The quantitative estimate of drug-likeness (QED) is 0.303. The summed E-state index contributed by atoms with van der Waals surface area (Å²) in [6.45, 7) is 11.3. The van der Waals surface area contributed by atoms with E-state index >= 15 is 0 Å². The fraction of sp³-hybridized carbons (Fsp3) is 0.258. The van der Waals surface area contributed by atoms with Crippen LogP contribution in [0.3, 0.4) is 0 Å². The summed E-state index contributed by atoms with van der Waals surface area (Å²) in [5.74, 6) is -2.95. The molecule has 4 heteroatoms. The number of halogens is 2. The van der Waals surface area contributed by atoms with E-state index in [0.29, 0.717) is 13.0 Å². The Balaban J connectivity index is 2.19. The molecule has 35 heavy (non-hydrogen) atoms. The smallest absolute Gasteiger partial charge is 0.270 e. The minimum Gasteiger partial charge on any atom is -0.298 e. The molecule has 1 atom stereocenters. The fourth-order valence-corrected chi connectivity index (χ4v) is 4.11. The number of pyridine rings is 1. The lowest BCUT2D eigenvalue weighted by molar-refractivity contribution is 0.0173. The van der Waals surface area contributed by atoms with Crippen LogP contribution >= 0.6 is 0 Å². The van der Waals surface area contributed by atoms with Crippen LogP contribution in [0.5, 0.6) is 0 Å². The van der Waals surface area contributed by atoms with Crippen molar-refractivity contribution in [1.29, 1.82) is 0 Å². The van der Waals surface area contributed by atoms with Crippen LogP contribution in [0.1, 0.15) is 53.8 Å². The Morgan fingerprint density at radius 1 is 0.971 bits per heavy atom. The van der Waals surface area contributed by atoms with Crippen LogP contribution in [-0.2, 0) is 18.0 Å². The van der Waals surface area contributed by atoms with Crippen molar-refractivity contribution in [3.05, 3.63) is 137 Å². The van der Waals surface area contributed by atoms with Gasteiger partial charge in [-0.1, -0.05) is 90.6 Å². The highest BCUT2D eigenvalue weighted by atomic mass is 19.3. The molecule has 0 saturated carbocycles. The van der Waals surface area contributed by atoms with Crippen LogP contribution < -0.4 is 5.32 Å². The van der Waals surface area contributed by atoms with Crippen molar-refractivity contribution in [3.8, 4) is 0 Å². The zero-order valence-corrected chi connectivity index (χ0v) is 21.0. The van der Waals surface area contributed by atoms with Crippen molar-refractivity contribution >= 4 is 0 Å². The number of hydrogen-bond donors (Lipinski definition) is 1. The van der Waals surface area contributed by atoms with Crippen LogP contribution in [-0.4, -0.2) is 4.98 Å². The third kappa shape index (κ3) is 6.83. The molecule has 0 saturated heterocycles. The molecule has 1 unspecified atom stereocenters. The first-order valence-corrected chi connectivity index (χ1v) is 11.8. The van der Waals surface area contributed by atoms with E-state index < -0.39 is 11.5 Å². The Hall–Kier alpha value is -3.37. The molecule has 0 aliphatic heterocycles. The second kappa shape index (κ2) is 11.4. The molecule has 1 aromatic heterocycles. The van der Waals surface area contributed by atoms with Crippen LogP contribution in [0, 0.1) is 13.8 Å². The van der Waals surface area contributed by atoms with Crippen molar-refractivity contribution < 1.29 is 8.78 Å². The lowest BCUT2D eigenvalue weighted by Gasteiger charge is -2.36. The van der Waals surface area contributed by atoms with Crippen molar-refractivity contribution in [1.82, 2.24) is 10.3 Å². The first-order chi connectivity index (χ1) is 16.6. The number of hydrogen-bond acceptors (Lipinski definition) is 2. The Kier molecular flexibility index (Phi) is 8.52. The SMILES string of the molecule is C=C/C=C\C=C(/C)CC(NCc1ccc(C)cc1)(c1cccc(C(C)(F)F)c1)c1ccc(C)cn1. The number of alkyl halides is 2. The number of nitrogens with one attached hydrogen (secondary N) is 1. The lowest BCUT2D eigenvalue weighted by Crippen LogP contribution is -2.44. The maximum atomic E-state index is 14.4. The molecule has 3 aromatic rings. The Morgan fingerprint density at radius 2 is 1.66 bits per heavy atom. The molecule has 0 radical (unpaired) electrons. The molecule has 0 bridgehead atoms. The van der Waals surface area contributed by atoms with Crippen LogP contribution in [0.4, 0.5) is 8.78 Å². The molecule has 0 aliphatic carbocycles. The van der Waals surface area contributed by atoms with Crippen LogP contribution in [0.25, 0.3) is 0 Å². The number of benzene rings is 2. The van der Waals surface area contributed by atoms with E-state index in [1.54, 1.807) is 18.2 Å². The zero-order valence-electron chi connectivity index (χ0n) is 21.0. The Morgan fingerprint density at radius 3 is 2.29 bits per heavy atom. The van der Waals surface area contributed by atoms with Gasteiger partial charge < -0.3 is 0 Å². The first kappa shape index (κ1) is 26.2. The second-order valence-electron chi connectivity index (χ2n) is 9.24. The molecule has 182 valence electrons. The van der Waals surface area contributed by atoms with E-state index in [1.807, 2.05) is 56.5 Å². The predicted molar refractivity (Wildman–Crippen MR) is 141 cm³/mol. The highest BCUT2D eigenvalue weighted by Gasteiger charge is 2.37. The van der Waals surface area contributed by atoms with E-state index in [1.165, 1.54) is 11.6 Å². The second-order valence-corrected chi connectivity index (χ2v) is 9.24.